The molecule has 0 bridgehead atoms. The molecule has 0 atom stereocenters. The van der Waals surface area contributed by atoms with Crippen LogP contribution >= 0.6 is 0 Å². The molecule has 9 aromatic carbocycles. The molecule has 0 radical (unpaired) electrons. The van der Waals surface area contributed by atoms with Crippen LogP contribution in [0.25, 0.3) is 128 Å². The van der Waals surface area contributed by atoms with Crippen LogP contribution in [0, 0.1) is 0 Å². The molecule has 4 heterocycles. The maximum absolute atomic E-state index is 6.34. The summed E-state index contributed by atoms with van der Waals surface area (Å²) in [4.78, 5) is 15.6. The predicted molar refractivity (Wildman–Crippen MR) is 256 cm³/mol. The van der Waals surface area contributed by atoms with Crippen LogP contribution in [0.4, 0.5) is 0 Å². The highest BCUT2D eigenvalue weighted by Gasteiger charge is 2.20. The second-order valence-electron chi connectivity index (χ2n) is 16.0. The second kappa shape index (κ2) is 14.0. The summed E-state index contributed by atoms with van der Waals surface area (Å²) in [6.45, 7) is 0. The summed E-state index contributed by atoms with van der Waals surface area (Å²) in [7, 11) is 0. The third-order valence-electron chi connectivity index (χ3n) is 12.2. The van der Waals surface area contributed by atoms with E-state index in [-0.39, 0.29) is 0 Å². The van der Waals surface area contributed by atoms with E-state index in [1.54, 1.807) is 0 Å². The number of hydrogen-bond donors (Lipinski definition) is 0. The van der Waals surface area contributed by atoms with Crippen LogP contribution in [-0.2, 0) is 0 Å². The van der Waals surface area contributed by atoms with Crippen molar-refractivity contribution in [2.75, 3.05) is 0 Å². The minimum atomic E-state index is 0.546. The number of fused-ring (bicyclic) bond motifs is 9. The van der Waals surface area contributed by atoms with E-state index in [1.807, 2.05) is 48.5 Å². The molecule has 0 N–H and O–H groups in total. The Morgan fingerprint density at radius 2 is 0.794 bits per heavy atom. The summed E-state index contributed by atoms with van der Waals surface area (Å²) in [5, 5.41) is 6.62. The van der Waals surface area contributed by atoms with Crippen molar-refractivity contribution in [3.05, 3.63) is 206 Å². The van der Waals surface area contributed by atoms with Crippen LogP contribution in [0.2, 0.25) is 0 Å². The lowest BCUT2D eigenvalue weighted by atomic mass is 9.94. The highest BCUT2D eigenvalue weighted by atomic mass is 16.3. The van der Waals surface area contributed by atoms with Crippen LogP contribution in [0.3, 0.4) is 0 Å². The van der Waals surface area contributed by atoms with E-state index in [9.17, 15) is 0 Å². The topological polar surface area (TPSA) is 69.9 Å². The van der Waals surface area contributed by atoms with Crippen molar-refractivity contribution >= 4 is 65.7 Å². The molecular formula is C57H34N4O2. The maximum atomic E-state index is 6.34. The van der Waals surface area contributed by atoms with Gasteiger partial charge in [0.1, 0.15) is 22.3 Å². The Kier molecular flexibility index (Phi) is 7.80. The summed E-state index contributed by atoms with van der Waals surface area (Å²) < 4.78 is 15.0. The quantitative estimate of drug-likeness (QED) is 0.167. The third kappa shape index (κ3) is 5.76. The van der Waals surface area contributed by atoms with Gasteiger partial charge < -0.3 is 13.4 Å². The first-order chi connectivity index (χ1) is 31.2. The first kappa shape index (κ1) is 35.2. The summed E-state index contributed by atoms with van der Waals surface area (Å²) in [5.41, 5.74) is 13.7. The van der Waals surface area contributed by atoms with E-state index >= 15 is 0 Å². The zero-order valence-electron chi connectivity index (χ0n) is 33.7. The number of aromatic nitrogens is 4. The molecule has 6 nitrogen and oxygen atoms in total. The monoisotopic (exact) mass is 806 g/mol. The van der Waals surface area contributed by atoms with Gasteiger partial charge in [-0.3, -0.25) is 0 Å². The Morgan fingerprint density at radius 3 is 1.41 bits per heavy atom. The molecular weight excluding hydrogens is 773 g/mol. The Labute approximate surface area is 361 Å². The first-order valence-electron chi connectivity index (χ1n) is 21.1. The van der Waals surface area contributed by atoms with Gasteiger partial charge in [-0.15, -0.1) is 0 Å². The fourth-order valence-electron chi connectivity index (χ4n) is 9.29. The second-order valence-corrected chi connectivity index (χ2v) is 16.0. The van der Waals surface area contributed by atoms with Gasteiger partial charge in [0.25, 0.3) is 0 Å². The number of para-hydroxylation sites is 3. The number of hydrogen-bond acceptors (Lipinski definition) is 5. The highest BCUT2D eigenvalue weighted by Crippen LogP contribution is 2.42. The van der Waals surface area contributed by atoms with E-state index in [0.29, 0.717) is 17.5 Å². The molecule has 63 heavy (non-hydrogen) atoms. The van der Waals surface area contributed by atoms with Gasteiger partial charge >= 0.3 is 0 Å². The van der Waals surface area contributed by atoms with Crippen LogP contribution in [0.5, 0.6) is 0 Å². The van der Waals surface area contributed by atoms with Gasteiger partial charge in [-0.25, -0.2) is 15.0 Å². The number of benzene rings is 9. The third-order valence-corrected chi connectivity index (χ3v) is 12.2. The molecule has 0 aliphatic carbocycles. The Morgan fingerprint density at radius 1 is 0.302 bits per heavy atom. The fraction of sp³-hybridized carbons (Fsp3) is 0. The lowest BCUT2D eigenvalue weighted by Crippen LogP contribution is -2.01. The molecule has 0 fully saturated rings. The molecule has 0 saturated carbocycles. The van der Waals surface area contributed by atoms with E-state index < -0.39 is 0 Å². The predicted octanol–water partition coefficient (Wildman–Crippen LogP) is 15.1. The van der Waals surface area contributed by atoms with Crippen molar-refractivity contribution in [1.82, 2.24) is 19.5 Å². The average molecular weight is 807 g/mol. The summed E-state index contributed by atoms with van der Waals surface area (Å²) in [6, 6.07) is 71.8. The summed E-state index contributed by atoms with van der Waals surface area (Å²) >= 11 is 0. The first-order valence-corrected chi connectivity index (χ1v) is 21.1. The van der Waals surface area contributed by atoms with E-state index in [1.165, 1.54) is 21.9 Å². The fourth-order valence-corrected chi connectivity index (χ4v) is 9.29. The van der Waals surface area contributed by atoms with E-state index in [2.05, 4.69) is 162 Å². The lowest BCUT2D eigenvalue weighted by Gasteiger charge is -2.13. The molecule has 0 amide bonds. The van der Waals surface area contributed by atoms with Crippen molar-refractivity contribution in [2.45, 2.75) is 0 Å². The molecule has 0 spiro atoms. The summed E-state index contributed by atoms with van der Waals surface area (Å²) in [6.07, 6.45) is 0. The molecule has 0 saturated heterocycles. The van der Waals surface area contributed by atoms with Crippen molar-refractivity contribution in [2.24, 2.45) is 0 Å². The molecule has 13 aromatic rings. The van der Waals surface area contributed by atoms with Gasteiger partial charge in [-0.05, 0) is 89.0 Å². The Hall–Kier alpha value is -8.61. The number of rotatable bonds is 6. The van der Waals surface area contributed by atoms with Crippen LogP contribution in [0.1, 0.15) is 0 Å². The van der Waals surface area contributed by atoms with Crippen LogP contribution < -0.4 is 0 Å². The minimum absolute atomic E-state index is 0.546. The largest absolute Gasteiger partial charge is 0.456 e. The smallest absolute Gasteiger partial charge is 0.164 e. The molecule has 0 aliphatic heterocycles. The molecule has 0 unspecified atom stereocenters. The van der Waals surface area contributed by atoms with Crippen LogP contribution in [-0.4, -0.2) is 19.5 Å². The Bertz CT molecular complexity index is 3790. The van der Waals surface area contributed by atoms with Crippen molar-refractivity contribution in [3.8, 4) is 62.1 Å². The van der Waals surface area contributed by atoms with Crippen molar-refractivity contribution < 1.29 is 8.83 Å². The Balaban J connectivity index is 1.02. The van der Waals surface area contributed by atoms with Gasteiger partial charge in [-0.2, -0.15) is 0 Å². The molecule has 294 valence electrons. The summed E-state index contributed by atoms with van der Waals surface area (Å²) in [5.74, 6) is 1.65. The molecule has 6 heteroatoms. The molecule has 0 aliphatic rings. The van der Waals surface area contributed by atoms with Gasteiger partial charge in [0.05, 0.1) is 11.0 Å². The van der Waals surface area contributed by atoms with Crippen molar-refractivity contribution in [1.29, 1.82) is 0 Å². The van der Waals surface area contributed by atoms with Gasteiger partial charge in [0.2, 0.25) is 0 Å². The number of furan rings is 2. The SMILES string of the molecule is c1ccc(-c2cc(-c3ccccc3)c3c4ccccc4n(-c4cccc(-c5nc(-c6ccc7c(c6)oc6ccccc67)nc(-c6ccc7c(c6)oc6ccccc67)n5)c4)c3c2)cc1. The average Bonchev–Trinajstić information content (AvgIpc) is 4.03. The normalized spacial score (nSPS) is 11.8. The van der Waals surface area contributed by atoms with Gasteiger partial charge in [-0.1, -0.05) is 140 Å². The zero-order chi connectivity index (χ0) is 41.4. The molecule has 13 rings (SSSR count). The van der Waals surface area contributed by atoms with E-state index in [4.69, 9.17) is 23.8 Å². The number of nitrogens with zero attached hydrogens (tertiary/aromatic N) is 4. The highest BCUT2D eigenvalue weighted by molar-refractivity contribution is 6.17. The molecule has 4 aromatic heterocycles. The standard InChI is InChI=1S/C57H34N4O2/c1-3-14-35(15-4-1)40-31-47(36-16-5-2-6-17-36)54-46-22-7-10-23-48(46)61(49(54)32-40)41-19-13-18-37(30-41)55-58-56(38-26-28-44-42-20-8-11-24-50(42)62-52(44)33-38)60-57(59-55)39-27-29-45-43-21-9-12-25-51(43)63-53(45)34-39/h1-34H. The minimum Gasteiger partial charge on any atom is -0.456 e. The maximum Gasteiger partial charge on any atom is 0.164 e. The van der Waals surface area contributed by atoms with Crippen molar-refractivity contribution in [3.63, 3.8) is 0 Å². The van der Waals surface area contributed by atoms with Crippen LogP contribution in [0.15, 0.2) is 215 Å². The van der Waals surface area contributed by atoms with Gasteiger partial charge in [0, 0.05) is 54.7 Å². The van der Waals surface area contributed by atoms with Gasteiger partial charge in [0.15, 0.2) is 17.5 Å². The zero-order valence-corrected chi connectivity index (χ0v) is 33.7. The van der Waals surface area contributed by atoms with E-state index in [0.717, 1.165) is 88.4 Å². The lowest BCUT2D eigenvalue weighted by molar-refractivity contribution is 0.668.